The van der Waals surface area contributed by atoms with Crippen LogP contribution in [0.1, 0.15) is 11.4 Å². The zero-order chi connectivity index (χ0) is 40.1. The van der Waals surface area contributed by atoms with Gasteiger partial charge in [0.2, 0.25) is 0 Å². The highest BCUT2D eigenvalue weighted by Crippen LogP contribution is 2.38. The van der Waals surface area contributed by atoms with E-state index < -0.39 is 18.2 Å². The smallest absolute Gasteiger partial charge is 0.336 e. The number of carboxylic acid groups (broad SMARTS) is 1. The summed E-state index contributed by atoms with van der Waals surface area (Å²) in [5.41, 5.74) is 7.97. The normalized spacial score (nSPS) is 16.8. The van der Waals surface area contributed by atoms with Gasteiger partial charge in [0.15, 0.2) is 22.5 Å². The third-order valence-corrected chi connectivity index (χ3v) is 12.2. The Morgan fingerprint density at radius 1 is 0.632 bits per heavy atom. The van der Waals surface area contributed by atoms with E-state index in [4.69, 9.17) is 19.2 Å². The maximum Gasteiger partial charge on any atom is 0.336 e. The van der Waals surface area contributed by atoms with Crippen LogP contribution in [0.5, 0.6) is 0 Å². The summed E-state index contributed by atoms with van der Waals surface area (Å²) in [6.45, 7) is 6.81. The molecule has 4 aromatic carbocycles. The van der Waals surface area contributed by atoms with E-state index in [1.54, 1.807) is 46.9 Å². The predicted octanol–water partition coefficient (Wildman–Crippen LogP) is 8.52. The van der Waals surface area contributed by atoms with Crippen molar-refractivity contribution in [1.29, 1.82) is 0 Å². The molecule has 0 bridgehead atoms. The second-order valence-corrected chi connectivity index (χ2v) is 15.4. The average Bonchev–Trinajstić information content (AvgIpc) is 3.84. The fourth-order valence-electron chi connectivity index (χ4n) is 6.55. The molecule has 2 atom stereocenters. The summed E-state index contributed by atoms with van der Waals surface area (Å²) in [7, 11) is 1.37. The van der Waals surface area contributed by atoms with Crippen LogP contribution in [0.15, 0.2) is 97.1 Å². The van der Waals surface area contributed by atoms with E-state index in [1.807, 2.05) is 55.1 Å². The van der Waals surface area contributed by atoms with E-state index in [0.717, 1.165) is 64.8 Å². The Kier molecular flexibility index (Phi) is 12.3. The molecular weight excluding hydrogens is 771 g/mol. The lowest BCUT2D eigenvalue weighted by molar-refractivity contribution is -0.154. The topological polar surface area (TPSA) is 114 Å². The largest absolute Gasteiger partial charge is 0.479 e. The molecule has 2 aromatic heterocycles. The third-order valence-electron chi connectivity index (χ3n) is 9.63. The molecule has 2 fully saturated rings. The van der Waals surface area contributed by atoms with Gasteiger partial charge in [-0.2, -0.15) is 0 Å². The number of ether oxygens (including phenoxy) is 3. The van der Waals surface area contributed by atoms with Crippen molar-refractivity contribution in [2.45, 2.75) is 26.1 Å². The first-order valence-electron chi connectivity index (χ1n) is 18.3. The number of carbonyl (C=O) groups is 2. The number of morpholine rings is 2. The van der Waals surface area contributed by atoms with Gasteiger partial charge in [0.1, 0.15) is 11.6 Å². The predicted molar refractivity (Wildman–Crippen MR) is 219 cm³/mol. The molecule has 0 amide bonds. The average molecular weight is 811 g/mol. The lowest BCUT2D eigenvalue weighted by Gasteiger charge is -2.31. The number of hydrogen-bond acceptors (Lipinski definition) is 11. The van der Waals surface area contributed by atoms with Gasteiger partial charge in [-0.05, 0) is 71.5 Å². The number of rotatable bonds is 8. The number of carbonyl (C=O) groups excluding carboxylic acids is 1. The molecule has 2 unspecified atom stereocenters. The lowest BCUT2D eigenvalue weighted by Crippen LogP contribution is -2.46. The zero-order valence-electron chi connectivity index (χ0n) is 31.5. The molecule has 10 nitrogen and oxygen atoms in total. The van der Waals surface area contributed by atoms with E-state index in [1.165, 1.54) is 31.4 Å². The molecule has 14 heteroatoms. The Labute approximate surface area is 336 Å². The van der Waals surface area contributed by atoms with E-state index in [0.29, 0.717) is 39.4 Å². The van der Waals surface area contributed by atoms with E-state index in [9.17, 15) is 23.5 Å². The number of halogens is 2. The van der Waals surface area contributed by atoms with Gasteiger partial charge >= 0.3 is 11.9 Å². The molecule has 0 spiro atoms. The molecule has 1 N–H and O–H groups in total. The summed E-state index contributed by atoms with van der Waals surface area (Å²) in [5.74, 6) is -1.80. The minimum absolute atomic E-state index is 0.240. The van der Waals surface area contributed by atoms with Crippen LogP contribution in [0.25, 0.3) is 43.1 Å². The lowest BCUT2D eigenvalue weighted by atomic mass is 10.0. The Bertz CT molecular complexity index is 2320. The molecule has 2 saturated heterocycles. The molecule has 294 valence electrons. The second-order valence-electron chi connectivity index (χ2n) is 13.5. The van der Waals surface area contributed by atoms with Crippen LogP contribution in [0.4, 0.5) is 19.0 Å². The molecule has 0 saturated carbocycles. The van der Waals surface area contributed by atoms with Crippen LogP contribution in [-0.2, 0) is 23.8 Å². The number of hydrogen-bond donors (Lipinski definition) is 1. The first-order chi connectivity index (χ1) is 27.6. The molecular formula is C43H40F2N4O6S2. The zero-order valence-corrected chi connectivity index (χ0v) is 33.1. The number of anilines is 2. The van der Waals surface area contributed by atoms with Crippen LogP contribution in [0.3, 0.4) is 0 Å². The number of esters is 1. The summed E-state index contributed by atoms with van der Waals surface area (Å²) in [6, 6.07) is 29.2. The number of methoxy groups -OCH3 is 1. The Balaban J connectivity index is 0.000000174. The number of aromatic nitrogens is 2. The summed E-state index contributed by atoms with van der Waals surface area (Å²) in [6.07, 6.45) is -1.41. The maximum atomic E-state index is 13.1. The summed E-state index contributed by atoms with van der Waals surface area (Å²) in [4.78, 5) is 38.5. The van der Waals surface area contributed by atoms with Crippen molar-refractivity contribution in [1.82, 2.24) is 9.97 Å². The van der Waals surface area contributed by atoms with E-state index in [-0.39, 0.29) is 17.6 Å². The van der Waals surface area contributed by atoms with Crippen molar-refractivity contribution < 1.29 is 37.7 Å². The monoisotopic (exact) mass is 810 g/mol. The summed E-state index contributed by atoms with van der Waals surface area (Å²) in [5, 5.41) is 10.9. The number of nitrogens with zero attached hydrogens (tertiary/aromatic N) is 4. The molecule has 4 heterocycles. The van der Waals surface area contributed by atoms with Crippen molar-refractivity contribution in [3.8, 4) is 43.1 Å². The highest BCUT2D eigenvalue weighted by atomic mass is 32.1. The minimum atomic E-state index is -0.949. The fraction of sp³-hybridized carbons (Fsp3) is 0.256. The van der Waals surface area contributed by atoms with Crippen LogP contribution < -0.4 is 9.80 Å². The number of aryl methyl sites for hydroxylation is 2. The van der Waals surface area contributed by atoms with Crippen molar-refractivity contribution in [2.75, 3.05) is 56.3 Å². The third kappa shape index (κ3) is 9.37. The maximum absolute atomic E-state index is 13.1. The standard InChI is InChI=1S/C22H21FN2O3S.C21H19FN2O3S/c1-14-20(17-5-3-15(4-6-17)16-7-9-18(23)10-8-16)29-22(24-14)25-11-12-28-19(13-25)21(26)27-2;1-13-19(28-21(23-13)24-10-11-27-18(12-24)20(25)26)16-4-2-14(3-5-16)15-6-8-17(22)9-7-15/h3-10,19H,11-13H2,1-2H3;2-9,18H,10-12H2,1H3,(H,25,26). The first kappa shape index (κ1) is 39.7. The molecule has 57 heavy (non-hydrogen) atoms. The highest BCUT2D eigenvalue weighted by molar-refractivity contribution is 7.19. The van der Waals surface area contributed by atoms with Gasteiger partial charge in [0.25, 0.3) is 0 Å². The molecule has 6 aromatic rings. The van der Waals surface area contributed by atoms with Gasteiger partial charge in [-0.25, -0.2) is 28.3 Å². The van der Waals surface area contributed by atoms with Crippen LogP contribution in [0.2, 0.25) is 0 Å². The quantitative estimate of drug-likeness (QED) is 0.150. The van der Waals surface area contributed by atoms with Crippen molar-refractivity contribution in [3.63, 3.8) is 0 Å². The van der Waals surface area contributed by atoms with Gasteiger partial charge in [-0.3, -0.25) is 0 Å². The number of thiazole rings is 2. The number of benzene rings is 4. The van der Waals surface area contributed by atoms with Gasteiger partial charge in [-0.15, -0.1) is 0 Å². The van der Waals surface area contributed by atoms with Gasteiger partial charge in [0, 0.05) is 13.1 Å². The molecule has 0 radical (unpaired) electrons. The van der Waals surface area contributed by atoms with Crippen molar-refractivity contribution >= 4 is 44.9 Å². The highest BCUT2D eigenvalue weighted by Gasteiger charge is 2.30. The van der Waals surface area contributed by atoms with Crippen LogP contribution in [-0.4, -0.2) is 85.7 Å². The SMILES string of the molecule is COC(=O)C1CN(c2nc(C)c(-c3ccc(-c4ccc(F)cc4)cc3)s2)CCO1.Cc1nc(N2CCOC(C(=O)O)C2)sc1-c1ccc(-c2ccc(F)cc2)cc1. The molecule has 0 aliphatic carbocycles. The van der Waals surface area contributed by atoms with Crippen LogP contribution >= 0.6 is 22.7 Å². The summed E-state index contributed by atoms with van der Waals surface area (Å²) < 4.78 is 41.8. The van der Waals surface area contributed by atoms with Crippen LogP contribution in [0, 0.1) is 25.5 Å². The van der Waals surface area contributed by atoms with Gasteiger partial charge in [-0.1, -0.05) is 95.5 Å². The first-order valence-corrected chi connectivity index (χ1v) is 19.9. The Morgan fingerprint density at radius 2 is 0.982 bits per heavy atom. The molecule has 2 aliphatic heterocycles. The summed E-state index contributed by atoms with van der Waals surface area (Å²) >= 11 is 3.15. The van der Waals surface area contributed by atoms with E-state index >= 15 is 0 Å². The Hall–Kier alpha value is -5.54. The molecule has 2 aliphatic rings. The van der Waals surface area contributed by atoms with Crippen molar-refractivity contribution in [2.24, 2.45) is 0 Å². The molecule has 8 rings (SSSR count). The van der Waals surface area contributed by atoms with Gasteiger partial charge in [0.05, 0.1) is 54.6 Å². The number of aliphatic carboxylic acids is 1. The number of carboxylic acids is 1. The van der Waals surface area contributed by atoms with Crippen molar-refractivity contribution in [3.05, 3.63) is 120 Å². The second kappa shape index (κ2) is 17.7. The fourth-order valence-corrected chi connectivity index (χ4v) is 8.77. The Morgan fingerprint density at radius 3 is 1.37 bits per heavy atom. The van der Waals surface area contributed by atoms with Gasteiger partial charge < -0.3 is 29.1 Å². The van der Waals surface area contributed by atoms with E-state index in [2.05, 4.69) is 22.0 Å². The minimum Gasteiger partial charge on any atom is -0.479 e.